The highest BCUT2D eigenvalue weighted by molar-refractivity contribution is 6.14. The number of benzene rings is 2. The Morgan fingerprint density at radius 3 is 2.50 bits per heavy atom. The van der Waals surface area contributed by atoms with Crippen molar-refractivity contribution in [2.45, 2.75) is 0 Å². The van der Waals surface area contributed by atoms with Crippen LogP contribution in [0.4, 0.5) is 0 Å². The highest BCUT2D eigenvalue weighted by Gasteiger charge is 2.10. The van der Waals surface area contributed by atoms with Crippen molar-refractivity contribution in [2.75, 3.05) is 0 Å². The molecule has 0 saturated heterocycles. The summed E-state index contributed by atoms with van der Waals surface area (Å²) in [6, 6.07) is 9.73. The molecular formula is C15H10O. The second-order valence-electron chi connectivity index (χ2n) is 3.94. The first kappa shape index (κ1) is 9.10. The Morgan fingerprint density at radius 2 is 1.75 bits per heavy atom. The Hall–Kier alpha value is -2.15. The summed E-state index contributed by atoms with van der Waals surface area (Å²) in [5.74, 6) is 0. The van der Waals surface area contributed by atoms with Crippen LogP contribution >= 0.6 is 0 Å². The van der Waals surface area contributed by atoms with Crippen molar-refractivity contribution in [1.82, 2.24) is 0 Å². The molecule has 76 valence electrons. The standard InChI is InChI=1S/C15H10O/c1-3-10-7-8-13-14-11(9(2)15(13)16)5-4-6-12(10)14/h3-8H,1-2H2. The van der Waals surface area contributed by atoms with Crippen LogP contribution < -0.4 is 10.6 Å². The average molecular weight is 206 g/mol. The van der Waals surface area contributed by atoms with E-state index >= 15 is 0 Å². The van der Waals surface area contributed by atoms with E-state index in [0.29, 0.717) is 5.22 Å². The fourth-order valence-electron chi connectivity index (χ4n) is 2.33. The predicted molar refractivity (Wildman–Crippen MR) is 69.7 cm³/mol. The zero-order valence-corrected chi connectivity index (χ0v) is 8.79. The molecule has 0 amide bonds. The van der Waals surface area contributed by atoms with Gasteiger partial charge in [-0.1, -0.05) is 43.5 Å². The van der Waals surface area contributed by atoms with Crippen LogP contribution in [-0.2, 0) is 0 Å². The van der Waals surface area contributed by atoms with Gasteiger partial charge in [-0.15, -0.1) is 0 Å². The summed E-state index contributed by atoms with van der Waals surface area (Å²) < 4.78 is 0. The summed E-state index contributed by atoms with van der Waals surface area (Å²) in [6.07, 6.45) is 1.81. The van der Waals surface area contributed by atoms with Gasteiger partial charge in [-0.3, -0.25) is 4.79 Å². The molecule has 0 aromatic heterocycles. The van der Waals surface area contributed by atoms with Crippen LogP contribution in [-0.4, -0.2) is 0 Å². The van der Waals surface area contributed by atoms with E-state index in [-0.39, 0.29) is 5.43 Å². The molecule has 16 heavy (non-hydrogen) atoms. The fraction of sp³-hybridized carbons (Fsp3) is 0. The van der Waals surface area contributed by atoms with Crippen molar-refractivity contribution in [2.24, 2.45) is 0 Å². The van der Waals surface area contributed by atoms with E-state index in [9.17, 15) is 4.79 Å². The van der Waals surface area contributed by atoms with Crippen LogP contribution in [0.2, 0.25) is 0 Å². The quantitative estimate of drug-likeness (QED) is 0.598. The molecule has 0 atom stereocenters. The van der Waals surface area contributed by atoms with Crippen molar-refractivity contribution in [3.8, 4) is 0 Å². The summed E-state index contributed by atoms with van der Waals surface area (Å²) in [7, 11) is 0. The van der Waals surface area contributed by atoms with Gasteiger partial charge in [0.05, 0.1) is 0 Å². The first-order valence-electron chi connectivity index (χ1n) is 5.16. The van der Waals surface area contributed by atoms with Gasteiger partial charge >= 0.3 is 0 Å². The summed E-state index contributed by atoms with van der Waals surface area (Å²) in [6.45, 7) is 7.65. The minimum absolute atomic E-state index is 0.0433. The van der Waals surface area contributed by atoms with Gasteiger partial charge in [0.2, 0.25) is 0 Å². The lowest BCUT2D eigenvalue weighted by Gasteiger charge is -2.02. The molecule has 0 saturated carbocycles. The molecule has 0 bridgehead atoms. The number of hydrogen-bond donors (Lipinski definition) is 0. The van der Waals surface area contributed by atoms with Crippen LogP contribution in [0, 0.1) is 0 Å². The van der Waals surface area contributed by atoms with Crippen molar-refractivity contribution in [3.05, 3.63) is 57.9 Å². The van der Waals surface area contributed by atoms with E-state index in [4.69, 9.17) is 0 Å². The van der Waals surface area contributed by atoms with E-state index < -0.39 is 0 Å². The maximum Gasteiger partial charge on any atom is 0.193 e. The Labute approximate surface area is 92.7 Å². The average Bonchev–Trinajstić information content (AvgIpc) is 2.57. The zero-order valence-electron chi connectivity index (χ0n) is 8.79. The normalized spacial score (nSPS) is 11.2. The van der Waals surface area contributed by atoms with Crippen molar-refractivity contribution in [1.29, 1.82) is 0 Å². The van der Waals surface area contributed by atoms with Gasteiger partial charge in [0.15, 0.2) is 5.43 Å². The van der Waals surface area contributed by atoms with Crippen molar-refractivity contribution >= 4 is 34.2 Å². The molecule has 0 aliphatic heterocycles. The topological polar surface area (TPSA) is 17.1 Å². The molecule has 0 radical (unpaired) electrons. The summed E-state index contributed by atoms with van der Waals surface area (Å²) in [5, 5.41) is 4.43. The van der Waals surface area contributed by atoms with Gasteiger partial charge in [0.1, 0.15) is 0 Å². The molecule has 0 spiro atoms. The summed E-state index contributed by atoms with van der Waals surface area (Å²) in [4.78, 5) is 12.0. The molecular weight excluding hydrogens is 196 g/mol. The maximum atomic E-state index is 12.0. The molecule has 3 aromatic rings. The molecule has 0 aliphatic rings. The van der Waals surface area contributed by atoms with Crippen molar-refractivity contribution in [3.63, 3.8) is 0 Å². The van der Waals surface area contributed by atoms with E-state index in [2.05, 4.69) is 13.2 Å². The molecule has 3 aromatic carbocycles. The van der Waals surface area contributed by atoms with E-state index in [1.54, 1.807) is 0 Å². The Morgan fingerprint density at radius 1 is 1.00 bits per heavy atom. The second kappa shape index (κ2) is 2.92. The van der Waals surface area contributed by atoms with Gasteiger partial charge in [0, 0.05) is 16.0 Å². The van der Waals surface area contributed by atoms with Crippen LogP contribution in [0.3, 0.4) is 0 Å². The van der Waals surface area contributed by atoms with Crippen LogP contribution in [0.15, 0.2) is 41.7 Å². The van der Waals surface area contributed by atoms with E-state index in [1.807, 2.05) is 36.4 Å². The number of rotatable bonds is 1. The minimum Gasteiger partial charge on any atom is -0.289 e. The third-order valence-electron chi connectivity index (χ3n) is 3.14. The third-order valence-corrected chi connectivity index (χ3v) is 3.14. The molecule has 0 fully saturated rings. The van der Waals surface area contributed by atoms with Gasteiger partial charge in [-0.25, -0.2) is 0 Å². The lowest BCUT2D eigenvalue weighted by Crippen LogP contribution is -2.16. The highest BCUT2D eigenvalue weighted by Crippen LogP contribution is 2.26. The highest BCUT2D eigenvalue weighted by atomic mass is 16.1. The summed E-state index contributed by atoms with van der Waals surface area (Å²) in [5.41, 5.74) is 1.10. The van der Waals surface area contributed by atoms with E-state index in [1.165, 1.54) is 0 Å². The Kier molecular flexibility index (Phi) is 1.66. The Bertz CT molecular complexity index is 770. The zero-order chi connectivity index (χ0) is 11.3. The van der Waals surface area contributed by atoms with Crippen LogP contribution in [0.5, 0.6) is 0 Å². The minimum atomic E-state index is 0.0433. The SMILES string of the molecule is C=Cc1ccc2c(=O)c(=C)c3cccc1c32. The molecule has 1 heteroatoms. The Balaban J connectivity index is 2.81. The summed E-state index contributed by atoms with van der Waals surface area (Å²) >= 11 is 0. The number of hydrogen-bond acceptors (Lipinski definition) is 1. The first-order chi connectivity index (χ1) is 7.74. The smallest absolute Gasteiger partial charge is 0.193 e. The van der Waals surface area contributed by atoms with Gasteiger partial charge in [-0.2, -0.15) is 0 Å². The first-order valence-corrected chi connectivity index (χ1v) is 5.16. The van der Waals surface area contributed by atoms with E-state index in [0.717, 1.165) is 27.1 Å². The van der Waals surface area contributed by atoms with Crippen LogP contribution in [0.1, 0.15) is 5.56 Å². The van der Waals surface area contributed by atoms with Crippen molar-refractivity contribution < 1.29 is 0 Å². The van der Waals surface area contributed by atoms with Gasteiger partial charge in [-0.05, 0) is 22.4 Å². The lowest BCUT2D eigenvalue weighted by molar-refractivity contribution is 1.71. The molecule has 0 aliphatic carbocycles. The lowest BCUT2D eigenvalue weighted by atomic mass is 10.0. The molecule has 0 heterocycles. The molecule has 0 unspecified atom stereocenters. The molecule has 1 nitrogen and oxygen atoms in total. The monoisotopic (exact) mass is 206 g/mol. The third kappa shape index (κ3) is 0.924. The predicted octanol–water partition coefficient (Wildman–Crippen LogP) is 2.56. The van der Waals surface area contributed by atoms with Crippen LogP contribution in [0.25, 0.3) is 34.2 Å². The molecule has 3 rings (SSSR count). The second-order valence-corrected chi connectivity index (χ2v) is 3.94. The van der Waals surface area contributed by atoms with Gasteiger partial charge in [0.25, 0.3) is 0 Å². The fourth-order valence-corrected chi connectivity index (χ4v) is 2.33. The molecule has 0 N–H and O–H groups in total. The largest absolute Gasteiger partial charge is 0.289 e. The van der Waals surface area contributed by atoms with Gasteiger partial charge < -0.3 is 0 Å². The maximum absolute atomic E-state index is 12.0.